The van der Waals surface area contributed by atoms with Gasteiger partial charge in [-0.05, 0) is 64.2 Å². The quantitative estimate of drug-likeness (QED) is 0.0790. The lowest BCUT2D eigenvalue weighted by Crippen LogP contribution is -2.52. The maximum absolute atomic E-state index is 14.6. The second-order valence-corrected chi connectivity index (χ2v) is 12.7. The van der Waals surface area contributed by atoms with Crippen molar-refractivity contribution in [3.8, 4) is 16.9 Å². The topological polar surface area (TPSA) is 95.4 Å². The van der Waals surface area contributed by atoms with Crippen LogP contribution in [0, 0.1) is 0 Å². The first-order chi connectivity index (χ1) is 24.9. The minimum atomic E-state index is -1.34. The highest BCUT2D eigenvalue weighted by molar-refractivity contribution is 6.01. The SMILES string of the molecule is CN(C)c1ccc(CNNC(=O)[C@@]2(C/C=C/c3ccccc3)N=C(c3ccc(OCCCO)cc3)O[C@H]2c2ccc(-c3ccccc3)cc2)cc1. The van der Waals surface area contributed by atoms with E-state index in [-0.39, 0.29) is 18.9 Å². The zero-order valence-electron chi connectivity index (χ0n) is 29.0. The van der Waals surface area contributed by atoms with Gasteiger partial charge in [0.15, 0.2) is 11.6 Å². The van der Waals surface area contributed by atoms with E-state index in [1.807, 2.05) is 140 Å². The number of ether oxygens (including phenoxy) is 2. The molecule has 0 unspecified atom stereocenters. The van der Waals surface area contributed by atoms with E-state index in [0.717, 1.165) is 39.1 Å². The van der Waals surface area contributed by atoms with Crippen LogP contribution in [0.25, 0.3) is 17.2 Å². The highest BCUT2D eigenvalue weighted by Gasteiger charge is 2.52. The molecule has 1 aliphatic heterocycles. The lowest BCUT2D eigenvalue weighted by molar-refractivity contribution is -0.129. The van der Waals surface area contributed by atoms with E-state index in [1.165, 1.54) is 0 Å². The van der Waals surface area contributed by atoms with E-state index in [0.29, 0.717) is 31.2 Å². The number of hydrogen-bond donors (Lipinski definition) is 3. The number of benzene rings is 5. The van der Waals surface area contributed by atoms with Gasteiger partial charge in [0, 0.05) is 51.3 Å². The van der Waals surface area contributed by atoms with E-state index in [4.69, 9.17) is 19.6 Å². The molecule has 8 heteroatoms. The van der Waals surface area contributed by atoms with Crippen LogP contribution < -0.4 is 20.5 Å². The first kappa shape index (κ1) is 35.1. The molecule has 1 amide bonds. The molecule has 2 atom stereocenters. The minimum absolute atomic E-state index is 0.0664. The fourth-order valence-electron chi connectivity index (χ4n) is 5.98. The second kappa shape index (κ2) is 16.8. The molecule has 0 saturated heterocycles. The number of aliphatic imine (C=N–C) groups is 1. The van der Waals surface area contributed by atoms with Gasteiger partial charge in [-0.1, -0.05) is 109 Å². The van der Waals surface area contributed by atoms with Crippen molar-refractivity contribution < 1.29 is 19.4 Å². The Morgan fingerprint density at radius 2 is 1.49 bits per heavy atom. The molecule has 0 saturated carbocycles. The highest BCUT2D eigenvalue weighted by Crippen LogP contribution is 2.43. The molecule has 0 spiro atoms. The average molecular weight is 681 g/mol. The third-order valence-electron chi connectivity index (χ3n) is 8.84. The van der Waals surface area contributed by atoms with E-state index in [2.05, 4.69) is 35.1 Å². The van der Waals surface area contributed by atoms with Gasteiger partial charge in [0.25, 0.3) is 5.91 Å². The molecule has 1 aliphatic rings. The number of nitrogens with one attached hydrogen (secondary N) is 2. The molecule has 0 fully saturated rings. The zero-order valence-corrected chi connectivity index (χ0v) is 29.0. The third kappa shape index (κ3) is 8.73. The molecule has 8 nitrogen and oxygen atoms in total. The summed E-state index contributed by atoms with van der Waals surface area (Å²) in [7, 11) is 4.01. The summed E-state index contributed by atoms with van der Waals surface area (Å²) in [5, 5.41) is 9.13. The summed E-state index contributed by atoms with van der Waals surface area (Å²) in [5.41, 5.74) is 11.7. The Morgan fingerprint density at radius 1 is 0.843 bits per heavy atom. The normalized spacial score (nSPS) is 16.8. The Balaban J connectivity index is 1.34. The monoisotopic (exact) mass is 680 g/mol. The Labute approximate surface area is 300 Å². The van der Waals surface area contributed by atoms with Crippen LogP contribution in [0.4, 0.5) is 5.69 Å². The van der Waals surface area contributed by atoms with E-state index < -0.39 is 11.6 Å². The predicted octanol–water partition coefficient (Wildman–Crippen LogP) is 7.36. The second-order valence-electron chi connectivity index (χ2n) is 12.7. The van der Waals surface area contributed by atoms with Crippen molar-refractivity contribution in [1.29, 1.82) is 0 Å². The molecule has 260 valence electrons. The molecule has 6 rings (SSSR count). The van der Waals surface area contributed by atoms with Crippen LogP contribution in [-0.2, 0) is 16.1 Å². The molecule has 51 heavy (non-hydrogen) atoms. The number of hydrazine groups is 1. The van der Waals surface area contributed by atoms with Crippen molar-refractivity contribution in [2.45, 2.75) is 31.0 Å². The van der Waals surface area contributed by atoms with Gasteiger partial charge in [-0.2, -0.15) is 0 Å². The van der Waals surface area contributed by atoms with Crippen molar-refractivity contribution in [1.82, 2.24) is 10.9 Å². The molecule has 5 aromatic carbocycles. The summed E-state index contributed by atoms with van der Waals surface area (Å²) < 4.78 is 12.5. The number of carbonyl (C=O) groups is 1. The molecule has 0 bridgehead atoms. The van der Waals surface area contributed by atoms with Gasteiger partial charge < -0.3 is 19.5 Å². The largest absolute Gasteiger partial charge is 0.494 e. The molecular weight excluding hydrogens is 636 g/mol. The number of rotatable bonds is 15. The van der Waals surface area contributed by atoms with Crippen LogP contribution in [-0.4, -0.2) is 49.8 Å². The van der Waals surface area contributed by atoms with Crippen molar-refractivity contribution in [2.24, 2.45) is 4.99 Å². The maximum atomic E-state index is 14.6. The first-order valence-corrected chi connectivity index (χ1v) is 17.2. The van der Waals surface area contributed by atoms with Crippen LogP contribution in [0.2, 0.25) is 0 Å². The van der Waals surface area contributed by atoms with Gasteiger partial charge in [0.1, 0.15) is 5.75 Å². The number of aliphatic hydroxyl groups is 1. The van der Waals surface area contributed by atoms with Gasteiger partial charge in [0.2, 0.25) is 5.90 Å². The molecular formula is C43H44N4O4. The molecule has 5 aromatic rings. The number of amides is 1. The maximum Gasteiger partial charge on any atom is 0.266 e. The molecule has 3 N–H and O–H groups in total. The number of hydrogen-bond acceptors (Lipinski definition) is 7. The summed E-state index contributed by atoms with van der Waals surface area (Å²) >= 11 is 0. The summed E-state index contributed by atoms with van der Waals surface area (Å²) in [4.78, 5) is 21.7. The first-order valence-electron chi connectivity index (χ1n) is 17.2. The lowest BCUT2D eigenvalue weighted by atomic mass is 9.84. The molecule has 0 aliphatic carbocycles. The fraction of sp³-hybridized carbons (Fsp3) is 0.209. The van der Waals surface area contributed by atoms with Crippen LogP contribution in [0.15, 0.2) is 145 Å². The number of nitrogens with zero attached hydrogens (tertiary/aromatic N) is 2. The Morgan fingerprint density at radius 3 is 2.16 bits per heavy atom. The zero-order chi connectivity index (χ0) is 35.5. The van der Waals surface area contributed by atoms with E-state index in [9.17, 15) is 4.79 Å². The Kier molecular flexibility index (Phi) is 11.6. The highest BCUT2D eigenvalue weighted by atomic mass is 16.5. The van der Waals surface area contributed by atoms with Crippen LogP contribution >= 0.6 is 0 Å². The summed E-state index contributed by atoms with van der Waals surface area (Å²) in [6.07, 6.45) is 4.11. The van der Waals surface area contributed by atoms with E-state index in [1.54, 1.807) is 0 Å². The number of anilines is 1. The molecule has 0 radical (unpaired) electrons. The van der Waals surface area contributed by atoms with Crippen molar-refractivity contribution in [3.05, 3.63) is 162 Å². The van der Waals surface area contributed by atoms with Gasteiger partial charge in [0.05, 0.1) is 6.61 Å². The molecule has 1 heterocycles. The van der Waals surface area contributed by atoms with Gasteiger partial charge in [-0.3, -0.25) is 10.2 Å². The van der Waals surface area contributed by atoms with Gasteiger partial charge >= 0.3 is 0 Å². The van der Waals surface area contributed by atoms with Crippen molar-refractivity contribution in [3.63, 3.8) is 0 Å². The van der Waals surface area contributed by atoms with Crippen LogP contribution in [0.5, 0.6) is 5.75 Å². The van der Waals surface area contributed by atoms with Crippen LogP contribution in [0.1, 0.15) is 41.2 Å². The average Bonchev–Trinajstić information content (AvgIpc) is 3.57. The van der Waals surface area contributed by atoms with Gasteiger partial charge in [-0.15, -0.1) is 0 Å². The summed E-state index contributed by atoms with van der Waals surface area (Å²) in [6.45, 7) is 0.913. The van der Waals surface area contributed by atoms with E-state index >= 15 is 0 Å². The minimum Gasteiger partial charge on any atom is -0.494 e. The smallest absolute Gasteiger partial charge is 0.266 e. The Hall–Kier alpha value is -5.70. The van der Waals surface area contributed by atoms with Crippen LogP contribution in [0.3, 0.4) is 0 Å². The number of aliphatic hydroxyl groups excluding tert-OH is 1. The molecule has 0 aromatic heterocycles. The number of carbonyl (C=O) groups excluding carboxylic acids is 1. The van der Waals surface area contributed by atoms with Crippen molar-refractivity contribution >= 4 is 23.6 Å². The van der Waals surface area contributed by atoms with Crippen molar-refractivity contribution in [2.75, 3.05) is 32.2 Å². The summed E-state index contributed by atoms with van der Waals surface area (Å²) in [5.74, 6) is 0.745. The standard InChI is InChI=1S/C43H44N4O4/c1-47(2)38-24-16-33(17-25-38)31-44-46-42(49)43(28-9-13-32-11-5-3-6-12-32)40(36-20-18-35(19-21-36)34-14-7-4-8-15-34)51-41(45-43)37-22-26-39(27-23-37)50-30-10-29-48/h3-9,11-27,40,44,48H,10,28-31H2,1-2H3,(H,46,49)/b13-9+/t40-,43-/m0/s1. The summed E-state index contributed by atoms with van der Waals surface area (Å²) in [6, 6.07) is 44.0. The third-order valence-corrected chi connectivity index (χ3v) is 8.84. The predicted molar refractivity (Wildman–Crippen MR) is 204 cm³/mol. The Bertz CT molecular complexity index is 1910. The fourth-order valence-corrected chi connectivity index (χ4v) is 5.98. The van der Waals surface area contributed by atoms with Gasteiger partial charge in [-0.25, -0.2) is 10.4 Å². The lowest BCUT2D eigenvalue weighted by Gasteiger charge is -2.30.